The standard InChI is InChI=1S/C20H25N3O5S/c1-5-15-10-7-9-14(3)19(15)21-20(24)18(6-2)22(29(4,27)28)16-11-8-12-17(13-16)23(25)26/h7-13,18H,5-6H2,1-4H3,(H,21,24)/t18-/m1/s1. The first kappa shape index (κ1) is 22.4. The summed E-state index contributed by atoms with van der Waals surface area (Å²) in [6.07, 6.45) is 1.87. The fourth-order valence-electron chi connectivity index (χ4n) is 3.21. The molecule has 0 fully saturated rings. The molecule has 0 aliphatic carbocycles. The molecule has 0 aliphatic heterocycles. The zero-order valence-corrected chi connectivity index (χ0v) is 17.7. The molecule has 9 heteroatoms. The Balaban J connectivity index is 2.49. The van der Waals surface area contributed by atoms with Gasteiger partial charge in [-0.1, -0.05) is 38.1 Å². The van der Waals surface area contributed by atoms with Crippen molar-refractivity contribution in [1.29, 1.82) is 0 Å². The van der Waals surface area contributed by atoms with Gasteiger partial charge in [-0.25, -0.2) is 8.42 Å². The van der Waals surface area contributed by atoms with E-state index >= 15 is 0 Å². The van der Waals surface area contributed by atoms with E-state index in [4.69, 9.17) is 0 Å². The number of nitrogens with one attached hydrogen (secondary N) is 1. The maximum absolute atomic E-state index is 13.1. The van der Waals surface area contributed by atoms with Crippen molar-refractivity contribution in [2.45, 2.75) is 39.7 Å². The summed E-state index contributed by atoms with van der Waals surface area (Å²) in [6, 6.07) is 9.86. The summed E-state index contributed by atoms with van der Waals surface area (Å²) >= 11 is 0. The predicted octanol–water partition coefficient (Wildman–Crippen LogP) is 3.65. The molecule has 0 radical (unpaired) electrons. The van der Waals surface area contributed by atoms with Crippen LogP contribution in [0.25, 0.3) is 0 Å². The number of amides is 1. The molecular weight excluding hydrogens is 394 g/mol. The van der Waals surface area contributed by atoms with E-state index in [2.05, 4.69) is 5.32 Å². The zero-order chi connectivity index (χ0) is 21.8. The lowest BCUT2D eigenvalue weighted by atomic mass is 10.0. The van der Waals surface area contributed by atoms with Crippen LogP contribution in [0.5, 0.6) is 0 Å². The van der Waals surface area contributed by atoms with Gasteiger partial charge in [-0.3, -0.25) is 19.2 Å². The highest BCUT2D eigenvalue weighted by molar-refractivity contribution is 7.92. The van der Waals surface area contributed by atoms with E-state index in [1.165, 1.54) is 18.2 Å². The Bertz CT molecular complexity index is 1020. The molecule has 2 aromatic carbocycles. The van der Waals surface area contributed by atoms with Crippen molar-refractivity contribution >= 4 is 33.0 Å². The lowest BCUT2D eigenvalue weighted by Gasteiger charge is -2.30. The Morgan fingerprint density at radius 3 is 2.41 bits per heavy atom. The highest BCUT2D eigenvalue weighted by atomic mass is 32.2. The van der Waals surface area contributed by atoms with Crippen molar-refractivity contribution in [2.75, 3.05) is 15.9 Å². The number of nitro groups is 1. The number of nitrogens with zero attached hydrogens (tertiary/aromatic N) is 2. The molecule has 1 atom stereocenters. The number of sulfonamides is 1. The maximum atomic E-state index is 13.1. The number of para-hydroxylation sites is 1. The highest BCUT2D eigenvalue weighted by Crippen LogP contribution is 2.28. The summed E-state index contributed by atoms with van der Waals surface area (Å²) in [4.78, 5) is 23.6. The van der Waals surface area contributed by atoms with Crippen LogP contribution in [0.1, 0.15) is 31.4 Å². The quantitative estimate of drug-likeness (QED) is 0.519. The van der Waals surface area contributed by atoms with Gasteiger partial charge in [0.25, 0.3) is 5.69 Å². The third-order valence-electron chi connectivity index (χ3n) is 4.61. The number of hydrogen-bond donors (Lipinski definition) is 1. The average Bonchev–Trinajstić information content (AvgIpc) is 2.66. The number of nitro benzene ring substituents is 1. The monoisotopic (exact) mass is 419 g/mol. The van der Waals surface area contributed by atoms with Crippen LogP contribution in [-0.2, 0) is 21.2 Å². The molecule has 2 rings (SSSR count). The Morgan fingerprint density at radius 2 is 1.86 bits per heavy atom. The zero-order valence-electron chi connectivity index (χ0n) is 16.9. The molecule has 0 spiro atoms. The third-order valence-corrected chi connectivity index (χ3v) is 5.79. The van der Waals surface area contributed by atoms with Gasteiger partial charge in [0.1, 0.15) is 6.04 Å². The number of aryl methyl sites for hydroxylation is 2. The normalized spacial score (nSPS) is 12.3. The molecule has 0 aromatic heterocycles. The molecule has 1 amide bonds. The fraction of sp³-hybridized carbons (Fsp3) is 0.350. The molecule has 0 saturated carbocycles. The second kappa shape index (κ2) is 9.04. The molecule has 1 N–H and O–H groups in total. The van der Waals surface area contributed by atoms with E-state index in [1.54, 1.807) is 6.92 Å². The van der Waals surface area contributed by atoms with Crippen LogP contribution in [0.2, 0.25) is 0 Å². The van der Waals surface area contributed by atoms with E-state index in [-0.39, 0.29) is 17.8 Å². The van der Waals surface area contributed by atoms with Crippen molar-refractivity contribution in [1.82, 2.24) is 0 Å². The summed E-state index contributed by atoms with van der Waals surface area (Å²) in [7, 11) is -3.88. The second-order valence-electron chi connectivity index (χ2n) is 6.71. The van der Waals surface area contributed by atoms with Gasteiger partial charge in [0, 0.05) is 17.8 Å². The van der Waals surface area contributed by atoms with Crippen LogP contribution in [0.4, 0.5) is 17.1 Å². The first-order valence-corrected chi connectivity index (χ1v) is 11.1. The number of non-ortho nitro benzene ring substituents is 1. The van der Waals surface area contributed by atoms with Gasteiger partial charge in [-0.15, -0.1) is 0 Å². The summed E-state index contributed by atoms with van der Waals surface area (Å²) < 4.78 is 26.0. The predicted molar refractivity (Wildman–Crippen MR) is 114 cm³/mol. The number of carbonyl (C=O) groups is 1. The number of carbonyl (C=O) groups excluding carboxylic acids is 1. The summed E-state index contributed by atoms with van der Waals surface area (Å²) in [6.45, 7) is 5.52. The van der Waals surface area contributed by atoms with Crippen LogP contribution >= 0.6 is 0 Å². The van der Waals surface area contributed by atoms with Crippen molar-refractivity contribution in [3.05, 3.63) is 63.7 Å². The van der Waals surface area contributed by atoms with E-state index in [9.17, 15) is 23.3 Å². The molecule has 2 aromatic rings. The van der Waals surface area contributed by atoms with Crippen LogP contribution in [-0.4, -0.2) is 31.5 Å². The molecule has 156 valence electrons. The summed E-state index contributed by atoms with van der Waals surface area (Å²) in [5, 5.41) is 14.0. The minimum atomic E-state index is -3.88. The number of anilines is 2. The van der Waals surface area contributed by atoms with Crippen LogP contribution in [0.15, 0.2) is 42.5 Å². The first-order chi connectivity index (χ1) is 13.6. The van der Waals surface area contributed by atoms with Crippen LogP contribution in [0.3, 0.4) is 0 Å². The SMILES string of the molecule is CCc1cccc(C)c1NC(=O)[C@@H](CC)N(c1cccc([N+](=O)[O-])c1)S(C)(=O)=O. The van der Waals surface area contributed by atoms with E-state index in [1.807, 2.05) is 32.0 Å². The van der Waals surface area contributed by atoms with E-state index in [0.717, 1.165) is 27.8 Å². The van der Waals surface area contributed by atoms with Gasteiger partial charge in [0.2, 0.25) is 15.9 Å². The Hall–Kier alpha value is -2.94. The molecule has 0 saturated heterocycles. The number of rotatable bonds is 8. The molecule has 0 bridgehead atoms. The largest absolute Gasteiger partial charge is 0.324 e. The van der Waals surface area contributed by atoms with Gasteiger partial charge in [0.05, 0.1) is 16.9 Å². The Kier molecular flexibility index (Phi) is 6.97. The molecule has 29 heavy (non-hydrogen) atoms. The molecule has 0 heterocycles. The van der Waals surface area contributed by atoms with Crippen LogP contribution in [0, 0.1) is 17.0 Å². The Labute approximate surface area is 170 Å². The second-order valence-corrected chi connectivity index (χ2v) is 8.57. The van der Waals surface area contributed by atoms with Crippen molar-refractivity contribution in [3.8, 4) is 0 Å². The molecule has 0 aliphatic rings. The highest BCUT2D eigenvalue weighted by Gasteiger charge is 2.32. The van der Waals surface area contributed by atoms with Crippen molar-refractivity contribution in [3.63, 3.8) is 0 Å². The van der Waals surface area contributed by atoms with Crippen molar-refractivity contribution < 1.29 is 18.1 Å². The van der Waals surface area contributed by atoms with E-state index in [0.29, 0.717) is 12.1 Å². The van der Waals surface area contributed by atoms with Gasteiger partial charge in [0.15, 0.2) is 0 Å². The van der Waals surface area contributed by atoms with Crippen LogP contribution < -0.4 is 9.62 Å². The van der Waals surface area contributed by atoms with Gasteiger partial charge in [-0.05, 0) is 37.0 Å². The van der Waals surface area contributed by atoms with Gasteiger partial charge >= 0.3 is 0 Å². The van der Waals surface area contributed by atoms with Gasteiger partial charge in [-0.2, -0.15) is 0 Å². The minimum absolute atomic E-state index is 0.0733. The molecule has 0 unspecified atom stereocenters. The third kappa shape index (κ3) is 5.11. The lowest BCUT2D eigenvalue weighted by Crippen LogP contribution is -2.47. The maximum Gasteiger partial charge on any atom is 0.271 e. The summed E-state index contributed by atoms with van der Waals surface area (Å²) in [5.74, 6) is -0.492. The number of benzene rings is 2. The average molecular weight is 420 g/mol. The topological polar surface area (TPSA) is 110 Å². The fourth-order valence-corrected chi connectivity index (χ4v) is 4.42. The molecular formula is C20H25N3O5S. The van der Waals surface area contributed by atoms with E-state index < -0.39 is 26.9 Å². The number of hydrogen-bond acceptors (Lipinski definition) is 5. The lowest BCUT2D eigenvalue weighted by molar-refractivity contribution is -0.384. The van der Waals surface area contributed by atoms with Gasteiger partial charge < -0.3 is 5.32 Å². The summed E-state index contributed by atoms with van der Waals surface area (Å²) in [5.41, 5.74) is 2.29. The molecule has 8 nitrogen and oxygen atoms in total. The van der Waals surface area contributed by atoms with Crippen molar-refractivity contribution in [2.24, 2.45) is 0 Å². The first-order valence-electron chi connectivity index (χ1n) is 9.23. The smallest absolute Gasteiger partial charge is 0.271 e. The minimum Gasteiger partial charge on any atom is -0.324 e. The Morgan fingerprint density at radius 1 is 1.21 bits per heavy atom.